The summed E-state index contributed by atoms with van der Waals surface area (Å²) in [4.78, 5) is 0. The van der Waals surface area contributed by atoms with Crippen molar-refractivity contribution in [3.8, 4) is 77.5 Å². The largest absolute Gasteiger partial charge is 1.00 e. The third-order valence-corrected chi connectivity index (χ3v) is 1.52. The van der Waals surface area contributed by atoms with Crippen molar-refractivity contribution < 1.29 is 62.2 Å². The summed E-state index contributed by atoms with van der Waals surface area (Å²) in [6.07, 6.45) is 13.8. The average Bonchev–Trinajstić information content (AvgIpc) is 3.00. The van der Waals surface area contributed by atoms with Crippen LogP contribution in [0.3, 0.4) is 0 Å². The Hall–Kier alpha value is -1.35. The molecule has 0 saturated carbocycles. The van der Waals surface area contributed by atoms with E-state index < -0.39 is 0 Å². The predicted octanol–water partition coefficient (Wildman–Crippen LogP) is -4.97. The molecule has 1 nitrogen and oxygen atoms in total. The van der Waals surface area contributed by atoms with E-state index in [1.165, 1.54) is 12.8 Å². The van der Waals surface area contributed by atoms with Crippen LogP contribution in [0.4, 0.5) is 0 Å². The Bertz CT molecular complexity index is 605. The molecule has 0 aliphatic carbocycles. The van der Waals surface area contributed by atoms with Crippen LogP contribution in [0.2, 0.25) is 0 Å². The predicted molar refractivity (Wildman–Crippen MR) is 74.9 cm³/mol. The molecular weight excluding hydrogens is 366 g/mol. The van der Waals surface area contributed by atoms with E-state index in [4.69, 9.17) is 17.6 Å². The Kier molecular flexibility index (Phi) is 36.5. The molecule has 1 heterocycles. The van der Waals surface area contributed by atoms with Gasteiger partial charge in [0.2, 0.25) is 0 Å². The Balaban J connectivity index is -0.000000173. The van der Waals surface area contributed by atoms with Crippen molar-refractivity contribution in [2.45, 2.75) is 12.8 Å². The second-order valence-corrected chi connectivity index (χ2v) is 2.84. The van der Waals surface area contributed by atoms with Crippen molar-refractivity contribution in [2.75, 3.05) is 13.2 Å². The maximum atomic E-state index is 6.43. The van der Waals surface area contributed by atoms with Gasteiger partial charge in [-0.3, -0.25) is 5.92 Å². The van der Waals surface area contributed by atoms with Crippen molar-refractivity contribution in [1.29, 1.82) is 0 Å². The molecule has 1 aliphatic heterocycles. The zero-order valence-electron chi connectivity index (χ0n) is 12.2. The molecule has 0 atom stereocenters. The molecule has 0 radical (unpaired) electrons. The topological polar surface area (TPSA) is 9.23 Å². The molecule has 0 bridgehead atoms. The fourth-order valence-electron chi connectivity index (χ4n) is 0.828. The monoisotopic (exact) mass is 373 g/mol. The van der Waals surface area contributed by atoms with Gasteiger partial charge in [-0.1, -0.05) is 0 Å². The Morgan fingerprint density at radius 3 is 1.36 bits per heavy atom. The number of hydrogen-bond donors (Lipinski definition) is 0. The van der Waals surface area contributed by atoms with Crippen LogP contribution < -0.4 is 31.3 Å². The van der Waals surface area contributed by atoms with Gasteiger partial charge in [0.1, 0.15) is 0 Å². The van der Waals surface area contributed by atoms with Crippen molar-refractivity contribution in [3.63, 3.8) is 0 Å². The van der Waals surface area contributed by atoms with E-state index in [0.717, 1.165) is 13.2 Å². The van der Waals surface area contributed by atoms with E-state index in [1.54, 1.807) is 0 Å². The van der Waals surface area contributed by atoms with Crippen LogP contribution in [-0.4, -0.2) is 13.2 Å². The summed E-state index contributed by atoms with van der Waals surface area (Å²) in [5.74, 6) is 27.7. The molecule has 0 aromatic carbocycles. The Morgan fingerprint density at radius 2 is 1.09 bits per heavy atom. The minimum absolute atomic E-state index is 0. The van der Waals surface area contributed by atoms with E-state index in [0.29, 0.717) is 0 Å². The average molecular weight is 375 g/mol. The van der Waals surface area contributed by atoms with Crippen molar-refractivity contribution in [1.82, 2.24) is 0 Å². The normalized spacial score (nSPS) is 7.73. The smallest absolute Gasteiger partial charge is 1.00 e. The van der Waals surface area contributed by atoms with Crippen molar-refractivity contribution in [2.24, 2.45) is 0 Å². The molecule has 100 valence electrons. The molecule has 0 aromatic rings. The maximum absolute atomic E-state index is 6.43. The van der Waals surface area contributed by atoms with Gasteiger partial charge < -0.3 is 23.6 Å². The van der Waals surface area contributed by atoms with Gasteiger partial charge in [-0.2, -0.15) is 0 Å². The van der Waals surface area contributed by atoms with Crippen LogP contribution in [0.5, 0.6) is 0 Å². The molecule has 1 aliphatic rings. The van der Waals surface area contributed by atoms with E-state index in [9.17, 15) is 0 Å². The minimum atomic E-state index is 0. The first kappa shape index (κ1) is 28.8. The quantitative estimate of drug-likeness (QED) is 0.234. The van der Waals surface area contributed by atoms with Gasteiger partial charge in [0.05, 0.1) is 0 Å². The van der Waals surface area contributed by atoms with Gasteiger partial charge in [-0.25, -0.2) is 5.92 Å². The minimum Gasteiger partial charge on any atom is -1.00 e. The number of halogens is 1. The summed E-state index contributed by atoms with van der Waals surface area (Å²) in [6, 6.07) is 0. The molecule has 0 amide bonds. The fourth-order valence-corrected chi connectivity index (χ4v) is 0.828. The van der Waals surface area contributed by atoms with Gasteiger partial charge in [0.25, 0.3) is 0 Å². The molecule has 0 spiro atoms. The second kappa shape index (κ2) is 27.9. The van der Waals surface area contributed by atoms with Crippen LogP contribution in [0.25, 0.3) is 0 Å². The van der Waals surface area contributed by atoms with E-state index in [1.807, 2.05) is 5.92 Å². The van der Waals surface area contributed by atoms with E-state index >= 15 is 0 Å². The summed E-state index contributed by atoms with van der Waals surface area (Å²) in [5.41, 5.74) is 0. The van der Waals surface area contributed by atoms with Crippen LogP contribution in [-0.2, 0) is 30.9 Å². The second-order valence-electron chi connectivity index (χ2n) is 2.84. The zero-order valence-corrected chi connectivity index (χ0v) is 15.4. The van der Waals surface area contributed by atoms with Crippen molar-refractivity contribution >= 4 is 0 Å². The molecule has 0 aromatic heterocycles. The van der Waals surface area contributed by atoms with Crippen LogP contribution in [0, 0.1) is 83.9 Å². The first-order valence-corrected chi connectivity index (χ1v) is 5.37. The maximum Gasteiger partial charge on any atom is 1.00 e. The first-order valence-electron chi connectivity index (χ1n) is 5.37. The van der Waals surface area contributed by atoms with Gasteiger partial charge in [0, 0.05) is 39.4 Å². The van der Waals surface area contributed by atoms with E-state index in [2.05, 4.69) is 65.1 Å². The molecule has 1 rings (SSSR count). The zero-order chi connectivity index (χ0) is 14.0. The van der Waals surface area contributed by atoms with E-state index in [-0.39, 0.29) is 57.5 Å². The number of ether oxygens (including phenoxy) is 1. The van der Waals surface area contributed by atoms with Gasteiger partial charge in [-0.15, -0.1) is 12.3 Å². The number of hydrogen-bond acceptors (Lipinski definition) is 1. The molecule has 0 N–H and O–H groups in total. The van der Waals surface area contributed by atoms with Crippen LogP contribution >= 0.6 is 0 Å². The SMILES string of the molecule is C1CCOC1.[C-]#CC#CC#CC#CC#CC#CC#C.[Cl-].[Li+].[Zr]. The standard InChI is InChI=1S/C14H.C4H8O.ClH.Li.Zr/c1-3-5-7-9-11-13-14-12-10-8-6-4-2;1-2-4-5-3-1;;;/h1H;1-4H2;1H;;/q-1;;;+1;/p-1. The molecule has 1 saturated heterocycles. The molecular formula is C18H9ClLiOZr-. The number of rotatable bonds is 0. The third kappa shape index (κ3) is 27.1. The van der Waals surface area contributed by atoms with Crippen molar-refractivity contribution in [3.05, 3.63) is 6.42 Å². The van der Waals surface area contributed by atoms with Gasteiger partial charge >= 0.3 is 18.9 Å². The Morgan fingerprint density at radius 1 is 0.727 bits per heavy atom. The molecule has 22 heavy (non-hydrogen) atoms. The molecule has 1 fully saturated rings. The summed E-state index contributed by atoms with van der Waals surface area (Å²) in [5, 5.41) is 0. The fraction of sp³-hybridized carbons (Fsp3) is 0.222. The summed E-state index contributed by atoms with van der Waals surface area (Å²) in [6.45, 7) is 2.00. The van der Waals surface area contributed by atoms with Gasteiger partial charge in [0.15, 0.2) is 0 Å². The first-order chi connectivity index (χ1) is 9.41. The molecule has 4 heteroatoms. The molecule has 0 unspecified atom stereocenters. The number of terminal acetylenes is 1. The van der Waals surface area contributed by atoms with Crippen LogP contribution in [0.15, 0.2) is 0 Å². The van der Waals surface area contributed by atoms with Gasteiger partial charge in [-0.05, 0) is 66.1 Å². The van der Waals surface area contributed by atoms with Crippen LogP contribution in [0.1, 0.15) is 12.8 Å². The third-order valence-electron chi connectivity index (χ3n) is 1.52. The summed E-state index contributed by atoms with van der Waals surface area (Å²) in [7, 11) is 0. The Labute approximate surface area is 171 Å². The summed E-state index contributed by atoms with van der Waals surface area (Å²) < 4.78 is 4.94. The summed E-state index contributed by atoms with van der Waals surface area (Å²) >= 11 is 0.